The fourth-order valence-corrected chi connectivity index (χ4v) is 4.36. The minimum atomic E-state index is -0.825. The molecule has 0 aromatic carbocycles. The highest BCUT2D eigenvalue weighted by molar-refractivity contribution is 5.94. The van der Waals surface area contributed by atoms with E-state index in [0.717, 1.165) is 39.0 Å². The van der Waals surface area contributed by atoms with Gasteiger partial charge in [-0.1, -0.05) is 0 Å². The summed E-state index contributed by atoms with van der Waals surface area (Å²) in [6, 6.07) is 3.89. The first-order valence-corrected chi connectivity index (χ1v) is 9.94. The highest BCUT2D eigenvalue weighted by Gasteiger charge is 2.38. The maximum absolute atomic E-state index is 12.0. The summed E-state index contributed by atoms with van der Waals surface area (Å²) < 4.78 is 4.88. The molecule has 2 saturated heterocycles. The van der Waals surface area contributed by atoms with Crippen LogP contribution in [0, 0.1) is 5.92 Å². The van der Waals surface area contributed by atoms with Crippen LogP contribution in [0.3, 0.4) is 0 Å². The summed E-state index contributed by atoms with van der Waals surface area (Å²) >= 11 is 0. The molecule has 0 saturated carbocycles. The number of piperazine rings is 1. The van der Waals surface area contributed by atoms with Gasteiger partial charge in [0, 0.05) is 45.0 Å². The molecule has 28 heavy (non-hydrogen) atoms. The molecule has 1 unspecified atom stereocenters. The second-order valence-corrected chi connectivity index (χ2v) is 7.82. The van der Waals surface area contributed by atoms with E-state index in [0.29, 0.717) is 29.9 Å². The Labute approximate surface area is 166 Å². The van der Waals surface area contributed by atoms with Crippen LogP contribution in [0.2, 0.25) is 0 Å². The first-order chi connectivity index (χ1) is 13.4. The number of piperidine rings is 1. The van der Waals surface area contributed by atoms with Crippen molar-refractivity contribution in [2.75, 3.05) is 44.7 Å². The van der Waals surface area contributed by atoms with E-state index in [-0.39, 0.29) is 12.0 Å². The summed E-state index contributed by atoms with van der Waals surface area (Å²) in [5, 5.41) is 9.65. The maximum atomic E-state index is 12.0. The minimum absolute atomic E-state index is 0.0135. The number of esters is 1. The molecule has 0 spiro atoms. The fourth-order valence-electron chi connectivity index (χ4n) is 4.36. The number of methoxy groups -OCH3 is 1. The van der Waals surface area contributed by atoms with Crippen LogP contribution >= 0.6 is 0 Å². The van der Waals surface area contributed by atoms with Crippen molar-refractivity contribution in [3.63, 3.8) is 0 Å². The fraction of sp³-hybridized carbons (Fsp3) is 0.650. The second-order valence-electron chi connectivity index (χ2n) is 7.82. The number of carbonyl (C=O) groups is 2. The van der Waals surface area contributed by atoms with E-state index >= 15 is 0 Å². The number of amides is 1. The number of pyridine rings is 1. The van der Waals surface area contributed by atoms with Crippen molar-refractivity contribution < 1.29 is 19.4 Å². The highest BCUT2D eigenvalue weighted by Crippen LogP contribution is 2.30. The Hall–Kier alpha value is -2.35. The third kappa shape index (κ3) is 4.22. The minimum Gasteiger partial charge on any atom is -0.465 e. The quantitative estimate of drug-likeness (QED) is 0.789. The molecule has 8 heteroatoms. The van der Waals surface area contributed by atoms with Crippen LogP contribution in [-0.4, -0.2) is 83.9 Å². The largest absolute Gasteiger partial charge is 0.465 e. The molecule has 0 radical (unpaired) electrons. The molecule has 2 fully saturated rings. The molecule has 1 aromatic rings. The standard InChI is InChI=1S/C20H30N4O4/c1-14(2)23-11-12-24(20(26)27)17(13-23)15-6-9-22(10-7-15)18-16(19(25)28-3)5-4-8-21-18/h4-5,8,14-15,17H,6-7,9-13H2,1-3H3,(H,26,27). The summed E-state index contributed by atoms with van der Waals surface area (Å²) in [7, 11) is 1.37. The normalized spacial score (nSPS) is 21.8. The van der Waals surface area contributed by atoms with Crippen molar-refractivity contribution in [1.82, 2.24) is 14.8 Å². The Kier molecular flexibility index (Phi) is 6.39. The molecule has 1 N–H and O–H groups in total. The number of hydrogen-bond acceptors (Lipinski definition) is 6. The third-order valence-electron chi connectivity index (χ3n) is 6.00. The molecule has 0 aliphatic carbocycles. The van der Waals surface area contributed by atoms with Crippen molar-refractivity contribution in [3.8, 4) is 0 Å². The number of anilines is 1. The van der Waals surface area contributed by atoms with Gasteiger partial charge in [0.1, 0.15) is 11.4 Å². The Morgan fingerprint density at radius 2 is 1.93 bits per heavy atom. The number of ether oxygens (including phenoxy) is 1. The average molecular weight is 390 g/mol. The first kappa shape index (κ1) is 20.4. The van der Waals surface area contributed by atoms with Crippen molar-refractivity contribution in [1.29, 1.82) is 0 Å². The lowest BCUT2D eigenvalue weighted by Gasteiger charge is -2.47. The molecule has 3 rings (SSSR count). The van der Waals surface area contributed by atoms with Gasteiger partial charge >= 0.3 is 12.1 Å². The van der Waals surface area contributed by atoms with Gasteiger partial charge in [-0.15, -0.1) is 0 Å². The molecule has 8 nitrogen and oxygen atoms in total. The monoisotopic (exact) mass is 390 g/mol. The lowest BCUT2D eigenvalue weighted by Crippen LogP contribution is -2.60. The molecule has 2 aliphatic heterocycles. The van der Waals surface area contributed by atoms with E-state index in [1.54, 1.807) is 23.2 Å². The van der Waals surface area contributed by atoms with E-state index < -0.39 is 6.09 Å². The number of carbonyl (C=O) groups excluding carboxylic acids is 1. The number of carboxylic acid groups (broad SMARTS) is 1. The lowest BCUT2D eigenvalue weighted by atomic mass is 9.86. The number of nitrogens with zero attached hydrogens (tertiary/aromatic N) is 4. The van der Waals surface area contributed by atoms with Crippen molar-refractivity contribution in [2.45, 2.75) is 38.8 Å². The van der Waals surface area contributed by atoms with Gasteiger partial charge in [-0.2, -0.15) is 0 Å². The molecule has 3 heterocycles. The molecule has 1 amide bonds. The molecule has 0 bridgehead atoms. The number of hydrogen-bond donors (Lipinski definition) is 1. The van der Waals surface area contributed by atoms with Crippen molar-refractivity contribution in [2.24, 2.45) is 5.92 Å². The number of aromatic nitrogens is 1. The van der Waals surface area contributed by atoms with E-state index in [1.165, 1.54) is 7.11 Å². The van der Waals surface area contributed by atoms with E-state index in [4.69, 9.17) is 4.74 Å². The zero-order valence-electron chi connectivity index (χ0n) is 16.9. The predicted molar refractivity (Wildman–Crippen MR) is 106 cm³/mol. The zero-order chi connectivity index (χ0) is 20.3. The average Bonchev–Trinajstić information content (AvgIpc) is 2.72. The zero-order valence-corrected chi connectivity index (χ0v) is 16.9. The Bertz CT molecular complexity index is 703. The summed E-state index contributed by atoms with van der Waals surface area (Å²) in [6.07, 6.45) is 2.60. The van der Waals surface area contributed by atoms with Crippen LogP contribution in [0.15, 0.2) is 18.3 Å². The second kappa shape index (κ2) is 8.77. The Balaban J connectivity index is 1.70. The summed E-state index contributed by atoms with van der Waals surface area (Å²) in [4.78, 5) is 34.3. The molecular weight excluding hydrogens is 360 g/mol. The van der Waals surface area contributed by atoms with Gasteiger partial charge in [0.25, 0.3) is 0 Å². The van der Waals surface area contributed by atoms with Gasteiger partial charge in [0.05, 0.1) is 13.2 Å². The van der Waals surface area contributed by atoms with Crippen LogP contribution in [0.5, 0.6) is 0 Å². The summed E-state index contributed by atoms with van der Waals surface area (Å²) in [6.45, 7) is 7.94. The molecule has 2 aliphatic rings. The van der Waals surface area contributed by atoms with Crippen LogP contribution in [0.25, 0.3) is 0 Å². The van der Waals surface area contributed by atoms with Crippen LogP contribution in [0.4, 0.5) is 10.6 Å². The predicted octanol–water partition coefficient (Wildman–Crippen LogP) is 2.16. The van der Waals surface area contributed by atoms with Crippen LogP contribution in [-0.2, 0) is 4.74 Å². The maximum Gasteiger partial charge on any atom is 0.407 e. The first-order valence-electron chi connectivity index (χ1n) is 9.94. The molecule has 1 aromatic heterocycles. The van der Waals surface area contributed by atoms with Gasteiger partial charge in [-0.25, -0.2) is 14.6 Å². The van der Waals surface area contributed by atoms with E-state index in [9.17, 15) is 14.7 Å². The van der Waals surface area contributed by atoms with Crippen LogP contribution in [0.1, 0.15) is 37.0 Å². The van der Waals surface area contributed by atoms with Gasteiger partial charge < -0.3 is 19.6 Å². The van der Waals surface area contributed by atoms with Gasteiger partial charge in [-0.3, -0.25) is 4.90 Å². The smallest absolute Gasteiger partial charge is 0.407 e. The molecular formula is C20H30N4O4. The van der Waals surface area contributed by atoms with Crippen molar-refractivity contribution in [3.05, 3.63) is 23.9 Å². The lowest BCUT2D eigenvalue weighted by molar-refractivity contribution is 0.0257. The van der Waals surface area contributed by atoms with Gasteiger partial charge in [0.15, 0.2) is 0 Å². The van der Waals surface area contributed by atoms with Crippen molar-refractivity contribution >= 4 is 17.9 Å². The SMILES string of the molecule is COC(=O)c1cccnc1N1CCC(C2CN(C(C)C)CCN2C(=O)O)CC1. The van der Waals surface area contributed by atoms with Gasteiger partial charge in [0.2, 0.25) is 0 Å². The topological polar surface area (TPSA) is 86.2 Å². The Morgan fingerprint density at radius 1 is 1.21 bits per heavy atom. The van der Waals surface area contributed by atoms with Gasteiger partial charge in [-0.05, 0) is 44.7 Å². The third-order valence-corrected chi connectivity index (χ3v) is 6.00. The summed E-state index contributed by atoms with van der Waals surface area (Å²) in [5.41, 5.74) is 0.472. The van der Waals surface area contributed by atoms with Crippen LogP contribution < -0.4 is 4.90 Å². The Morgan fingerprint density at radius 3 is 2.54 bits per heavy atom. The van der Waals surface area contributed by atoms with E-state index in [1.807, 2.05) is 0 Å². The molecule has 154 valence electrons. The highest BCUT2D eigenvalue weighted by atomic mass is 16.5. The number of rotatable bonds is 4. The summed E-state index contributed by atoms with van der Waals surface area (Å²) in [5.74, 6) is 0.566. The molecule has 1 atom stereocenters. The van der Waals surface area contributed by atoms with E-state index in [2.05, 4.69) is 28.6 Å².